The van der Waals surface area contributed by atoms with Crippen LogP contribution < -0.4 is 5.32 Å². The van der Waals surface area contributed by atoms with E-state index in [1.54, 1.807) is 17.0 Å². The molecule has 1 aromatic rings. The molecule has 0 heterocycles. The van der Waals surface area contributed by atoms with Crippen LogP contribution in [0.2, 0.25) is 5.02 Å². The minimum atomic E-state index is -0.651. The second-order valence-electron chi connectivity index (χ2n) is 7.32. The molecule has 0 bridgehead atoms. The fourth-order valence-electron chi connectivity index (χ4n) is 4.24. The van der Waals surface area contributed by atoms with E-state index in [1.165, 1.54) is 0 Å². The van der Waals surface area contributed by atoms with Gasteiger partial charge in [0, 0.05) is 17.1 Å². The van der Waals surface area contributed by atoms with Gasteiger partial charge in [0.15, 0.2) is 0 Å². The van der Waals surface area contributed by atoms with E-state index in [1.807, 2.05) is 12.1 Å². The van der Waals surface area contributed by atoms with Crippen LogP contribution in [-0.4, -0.2) is 34.7 Å². The molecule has 0 unspecified atom stereocenters. The summed E-state index contributed by atoms with van der Waals surface area (Å²) < 4.78 is 0. The van der Waals surface area contributed by atoms with Crippen LogP contribution in [0.1, 0.15) is 63.0 Å². The zero-order valence-electron chi connectivity index (χ0n) is 14.9. The molecule has 2 fully saturated rings. The van der Waals surface area contributed by atoms with E-state index in [-0.39, 0.29) is 29.8 Å². The molecular formula is C20H26Cl2N2O2. The summed E-state index contributed by atoms with van der Waals surface area (Å²) >= 11 is 11.9. The number of carbonyl (C=O) groups is 2. The van der Waals surface area contributed by atoms with Gasteiger partial charge in [0.2, 0.25) is 11.8 Å². The second-order valence-corrected chi connectivity index (χ2v) is 8.02. The number of halogens is 2. The number of benzene rings is 1. The van der Waals surface area contributed by atoms with Crippen molar-refractivity contribution >= 4 is 35.0 Å². The molecule has 1 N–H and O–H groups in total. The Kier molecular flexibility index (Phi) is 6.82. The number of nitrogens with zero attached hydrogens (tertiary/aromatic N) is 1. The first-order valence-electron chi connectivity index (χ1n) is 9.53. The van der Waals surface area contributed by atoms with Crippen LogP contribution in [0.5, 0.6) is 0 Å². The summed E-state index contributed by atoms with van der Waals surface area (Å²) in [5, 5.41) is 3.78. The van der Waals surface area contributed by atoms with Crippen molar-refractivity contribution in [1.29, 1.82) is 0 Å². The topological polar surface area (TPSA) is 49.4 Å². The van der Waals surface area contributed by atoms with Gasteiger partial charge in [-0.25, -0.2) is 0 Å². The fourth-order valence-corrected chi connectivity index (χ4v) is 4.51. The van der Waals surface area contributed by atoms with Crippen LogP contribution in [0, 0.1) is 0 Å². The van der Waals surface area contributed by atoms with Crippen molar-refractivity contribution in [2.75, 3.05) is 5.88 Å². The molecule has 6 heteroatoms. The number of alkyl halides is 1. The normalized spacial score (nSPS) is 19.5. The zero-order chi connectivity index (χ0) is 18.5. The highest BCUT2D eigenvalue weighted by molar-refractivity contribution is 6.30. The van der Waals surface area contributed by atoms with Gasteiger partial charge in [-0.05, 0) is 43.4 Å². The van der Waals surface area contributed by atoms with Crippen molar-refractivity contribution in [2.24, 2.45) is 0 Å². The highest BCUT2D eigenvalue weighted by Gasteiger charge is 2.37. The van der Waals surface area contributed by atoms with Gasteiger partial charge < -0.3 is 10.2 Å². The number of hydrogen-bond donors (Lipinski definition) is 1. The molecule has 0 saturated heterocycles. The molecule has 2 saturated carbocycles. The van der Waals surface area contributed by atoms with Crippen molar-refractivity contribution < 1.29 is 9.59 Å². The minimum absolute atomic E-state index is 0.0660. The summed E-state index contributed by atoms with van der Waals surface area (Å²) in [6.45, 7) is 0. The van der Waals surface area contributed by atoms with Gasteiger partial charge in [0.1, 0.15) is 11.9 Å². The molecule has 2 aliphatic rings. The van der Waals surface area contributed by atoms with Crippen molar-refractivity contribution in [3.05, 3.63) is 34.9 Å². The van der Waals surface area contributed by atoms with Crippen LogP contribution in [0.15, 0.2) is 24.3 Å². The summed E-state index contributed by atoms with van der Waals surface area (Å²) in [7, 11) is 0. The highest BCUT2D eigenvalue weighted by atomic mass is 35.5. The van der Waals surface area contributed by atoms with E-state index in [0.717, 1.165) is 56.9 Å². The number of hydrogen-bond acceptors (Lipinski definition) is 2. The molecule has 2 aliphatic carbocycles. The predicted molar refractivity (Wildman–Crippen MR) is 104 cm³/mol. The maximum absolute atomic E-state index is 13.2. The Bertz CT molecular complexity index is 623. The number of nitrogens with one attached hydrogen (secondary N) is 1. The summed E-state index contributed by atoms with van der Waals surface area (Å²) in [4.78, 5) is 27.7. The Hall–Kier alpha value is -1.26. The van der Waals surface area contributed by atoms with E-state index in [0.29, 0.717) is 5.02 Å². The average molecular weight is 397 g/mol. The molecule has 2 amide bonds. The average Bonchev–Trinajstić information content (AvgIpc) is 3.34. The van der Waals surface area contributed by atoms with Crippen LogP contribution in [0.4, 0.5) is 0 Å². The highest BCUT2D eigenvalue weighted by Crippen LogP contribution is 2.33. The first-order valence-corrected chi connectivity index (χ1v) is 10.4. The van der Waals surface area contributed by atoms with E-state index >= 15 is 0 Å². The number of rotatable bonds is 6. The van der Waals surface area contributed by atoms with Gasteiger partial charge >= 0.3 is 0 Å². The van der Waals surface area contributed by atoms with Crippen molar-refractivity contribution in [1.82, 2.24) is 10.2 Å². The summed E-state index contributed by atoms with van der Waals surface area (Å²) in [6.07, 6.45) is 8.29. The minimum Gasteiger partial charge on any atom is -0.351 e. The molecular weight excluding hydrogens is 371 g/mol. The zero-order valence-corrected chi connectivity index (χ0v) is 16.4. The third-order valence-corrected chi connectivity index (χ3v) is 6.01. The van der Waals surface area contributed by atoms with Crippen LogP contribution in [-0.2, 0) is 9.59 Å². The summed E-state index contributed by atoms with van der Waals surface area (Å²) in [6, 6.07) is 6.83. The molecule has 26 heavy (non-hydrogen) atoms. The second kappa shape index (κ2) is 9.09. The van der Waals surface area contributed by atoms with Crippen LogP contribution >= 0.6 is 23.2 Å². The molecule has 142 valence electrons. The van der Waals surface area contributed by atoms with Gasteiger partial charge in [-0.1, -0.05) is 49.4 Å². The first kappa shape index (κ1) is 19.5. The molecule has 1 atom stereocenters. The Morgan fingerprint density at radius 2 is 1.62 bits per heavy atom. The molecule has 4 nitrogen and oxygen atoms in total. The smallest absolute Gasteiger partial charge is 0.247 e. The molecule has 3 rings (SSSR count). The van der Waals surface area contributed by atoms with Gasteiger partial charge in [-0.15, -0.1) is 11.6 Å². The van der Waals surface area contributed by atoms with E-state index in [9.17, 15) is 9.59 Å². The molecule has 0 radical (unpaired) electrons. The lowest BCUT2D eigenvalue weighted by Gasteiger charge is -2.36. The van der Waals surface area contributed by atoms with Crippen molar-refractivity contribution in [3.63, 3.8) is 0 Å². The molecule has 0 aromatic heterocycles. The third kappa shape index (κ3) is 4.52. The largest absolute Gasteiger partial charge is 0.351 e. The van der Waals surface area contributed by atoms with Crippen molar-refractivity contribution in [2.45, 2.75) is 69.5 Å². The van der Waals surface area contributed by atoms with E-state index in [2.05, 4.69) is 5.32 Å². The molecule has 0 aliphatic heterocycles. The van der Waals surface area contributed by atoms with Gasteiger partial charge in [-0.2, -0.15) is 0 Å². The summed E-state index contributed by atoms with van der Waals surface area (Å²) in [5.74, 6) is -0.401. The summed E-state index contributed by atoms with van der Waals surface area (Å²) in [5.41, 5.74) is 0.787. The molecule has 1 aromatic carbocycles. The Morgan fingerprint density at radius 1 is 1.04 bits per heavy atom. The van der Waals surface area contributed by atoms with Crippen LogP contribution in [0.25, 0.3) is 0 Å². The number of amides is 2. The van der Waals surface area contributed by atoms with E-state index in [4.69, 9.17) is 23.2 Å². The molecule has 0 spiro atoms. The predicted octanol–water partition coefficient (Wildman–Crippen LogP) is 4.45. The fraction of sp³-hybridized carbons (Fsp3) is 0.600. The number of carbonyl (C=O) groups excluding carboxylic acids is 2. The van der Waals surface area contributed by atoms with Crippen LogP contribution in [0.3, 0.4) is 0 Å². The van der Waals surface area contributed by atoms with Crippen molar-refractivity contribution in [3.8, 4) is 0 Å². The lowest BCUT2D eigenvalue weighted by Crippen LogP contribution is -2.50. The maximum atomic E-state index is 13.2. The third-order valence-electron chi connectivity index (χ3n) is 5.53. The quantitative estimate of drug-likeness (QED) is 0.721. The first-order chi connectivity index (χ1) is 12.6. The Labute approximate surface area is 165 Å². The van der Waals surface area contributed by atoms with E-state index < -0.39 is 6.04 Å². The lowest BCUT2D eigenvalue weighted by atomic mass is 10.0. The maximum Gasteiger partial charge on any atom is 0.247 e. The SMILES string of the molecule is O=C(NC1CCCC1)[C@H](c1ccc(Cl)cc1)N(C(=O)CCl)C1CCCC1. The Morgan fingerprint density at radius 3 is 2.19 bits per heavy atom. The lowest BCUT2D eigenvalue weighted by molar-refractivity contribution is -0.142. The van der Waals surface area contributed by atoms with Gasteiger partial charge in [0.25, 0.3) is 0 Å². The Balaban J connectivity index is 1.92. The van der Waals surface area contributed by atoms with Gasteiger partial charge in [-0.3, -0.25) is 9.59 Å². The monoisotopic (exact) mass is 396 g/mol. The van der Waals surface area contributed by atoms with Gasteiger partial charge in [0.05, 0.1) is 0 Å². The standard InChI is InChI=1S/C20H26Cl2N2O2/c21-13-18(25)24(17-7-3-4-8-17)19(14-9-11-15(22)12-10-14)20(26)23-16-5-1-2-6-16/h9-12,16-17,19H,1-8,13H2,(H,23,26)/t19-/m0/s1.